The number of hydrogen-bond acceptors (Lipinski definition) is 15. The number of hydrogen-bond donors (Lipinski definition) is 3. The molecule has 0 aliphatic rings. The highest BCUT2D eigenvalue weighted by Crippen LogP contribution is 2.27. The van der Waals surface area contributed by atoms with Crippen LogP contribution in [0.4, 0.5) is 0 Å². The topological polar surface area (TPSA) is 195 Å². The molecule has 15 nitrogen and oxygen atoms in total. The van der Waals surface area contributed by atoms with Gasteiger partial charge in [0.2, 0.25) is 0 Å². The maximum Gasteiger partial charge on any atom is 0.337 e. The van der Waals surface area contributed by atoms with Crippen molar-refractivity contribution in [3.05, 3.63) is 0 Å². The van der Waals surface area contributed by atoms with E-state index in [0.717, 1.165) is 173 Å². The van der Waals surface area contributed by atoms with Crippen molar-refractivity contribution in [3.8, 4) is 0 Å². The Hall–Kier alpha value is -1.95. The van der Waals surface area contributed by atoms with Gasteiger partial charge < -0.3 is 58.0 Å². The Morgan fingerprint density at radius 1 is 0.289 bits per heavy atom. The smallest absolute Gasteiger partial charge is 0.337 e. The van der Waals surface area contributed by atoms with Crippen molar-refractivity contribution in [1.82, 2.24) is 0 Å². The van der Waals surface area contributed by atoms with Gasteiger partial charge in [-0.3, -0.25) is 0 Å². The minimum absolute atomic E-state index is 0.177. The highest BCUT2D eigenvalue weighted by molar-refractivity contribution is 5.79. The van der Waals surface area contributed by atoms with Crippen molar-refractivity contribution < 1.29 is 72.3 Å². The Bertz CT molecular complexity index is 1630. The summed E-state index contributed by atoms with van der Waals surface area (Å²) in [6.07, 6.45) is 38.5. The molecule has 0 heterocycles. The number of rotatable bonds is 65. The van der Waals surface area contributed by atoms with E-state index >= 15 is 0 Å². The second-order valence-corrected chi connectivity index (χ2v) is 29.6. The number of carbonyl (C=O) groups excluding carboxylic acids is 3. The van der Waals surface area contributed by atoms with E-state index in [1.165, 1.54) is 57.8 Å². The van der Waals surface area contributed by atoms with Crippen molar-refractivity contribution in [2.45, 2.75) is 412 Å². The molecule has 0 fully saturated rings. The molecule has 0 radical (unpaired) electrons. The fourth-order valence-corrected chi connectivity index (χ4v) is 10.7. The van der Waals surface area contributed by atoms with E-state index in [4.69, 9.17) is 42.6 Å². The van der Waals surface area contributed by atoms with Crippen LogP contribution in [0.15, 0.2) is 0 Å². The van der Waals surface area contributed by atoms with Crippen LogP contribution in [-0.2, 0) is 57.0 Å². The van der Waals surface area contributed by atoms with Crippen LogP contribution in [0.1, 0.15) is 354 Å². The summed E-state index contributed by atoms with van der Waals surface area (Å²) in [4.78, 5) is 39.5. The normalized spacial score (nSPS) is 14.2. The number of carbonyl (C=O) groups is 3. The Kier molecular flexibility index (Phi) is 51.1. The van der Waals surface area contributed by atoms with Gasteiger partial charge in [0, 0.05) is 0 Å². The lowest BCUT2D eigenvalue weighted by Crippen LogP contribution is -2.43. The van der Waals surface area contributed by atoms with Gasteiger partial charge in [0.1, 0.15) is 6.10 Å². The summed E-state index contributed by atoms with van der Waals surface area (Å²) in [5.74, 6) is -1.17. The van der Waals surface area contributed by atoms with Crippen LogP contribution in [0, 0.1) is 0 Å². The van der Waals surface area contributed by atoms with Gasteiger partial charge in [0.25, 0.3) is 0 Å². The van der Waals surface area contributed by atoms with Crippen molar-refractivity contribution in [2.75, 3.05) is 52.9 Å². The van der Waals surface area contributed by atoms with Gasteiger partial charge in [-0.25, -0.2) is 14.4 Å². The van der Waals surface area contributed by atoms with Gasteiger partial charge in [0.05, 0.1) is 88.0 Å². The molecular formula is C75H146O15. The molecule has 0 aromatic heterocycles. The predicted molar refractivity (Wildman–Crippen MR) is 367 cm³/mol. The van der Waals surface area contributed by atoms with Crippen LogP contribution in [-0.4, -0.2) is 144 Å². The van der Waals surface area contributed by atoms with E-state index in [1.54, 1.807) is 41.5 Å². The lowest BCUT2D eigenvalue weighted by molar-refractivity contribution is -0.186. The Balaban J connectivity index is 5.33. The van der Waals surface area contributed by atoms with Gasteiger partial charge in [-0.2, -0.15) is 0 Å². The Morgan fingerprint density at radius 2 is 0.511 bits per heavy atom. The van der Waals surface area contributed by atoms with Gasteiger partial charge in [0.15, 0.2) is 16.8 Å². The Labute approximate surface area is 553 Å². The maximum absolute atomic E-state index is 13.2. The molecule has 536 valence electrons. The molecular weight excluding hydrogens is 1140 g/mol. The first kappa shape index (κ1) is 88.0. The molecule has 0 aromatic rings. The summed E-state index contributed by atoms with van der Waals surface area (Å²) in [5, 5.41) is 30.8. The number of ether oxygens (including phenoxy) is 9. The lowest BCUT2D eigenvalue weighted by Gasteiger charge is -2.36. The van der Waals surface area contributed by atoms with Crippen LogP contribution in [0.3, 0.4) is 0 Å². The molecule has 3 unspecified atom stereocenters. The third kappa shape index (κ3) is 50.5. The standard InChI is InChI=1S/C75H146O15/c1-16-19-22-37-46-63(76)49-40-31-25-28-34-43-55-82-67(79)73(10,11)85-58-52-70(4,5)88-61-66(90-72(8,9)54-60-87-75(14,15)69(81)84-57-45-36-30-27-33-42-51-65(78)48-39-24-21-18-3)62-89-71(6,7)53-59-86-74(12,13)68(80)83-56-44-35-29-26-32-41-50-64(77)47-38-23-20-17-2/h63-66,76-78H,16-62H2,1-15H3. The summed E-state index contributed by atoms with van der Waals surface area (Å²) < 4.78 is 55.4. The highest BCUT2D eigenvalue weighted by Gasteiger charge is 2.36. The molecule has 0 amide bonds. The van der Waals surface area contributed by atoms with Gasteiger partial charge in [-0.15, -0.1) is 0 Å². The van der Waals surface area contributed by atoms with E-state index in [2.05, 4.69) is 20.8 Å². The summed E-state index contributed by atoms with van der Waals surface area (Å²) >= 11 is 0. The summed E-state index contributed by atoms with van der Waals surface area (Å²) in [5.41, 5.74) is -5.45. The maximum atomic E-state index is 13.2. The first-order valence-electron chi connectivity index (χ1n) is 37.0. The molecule has 3 N–H and O–H groups in total. The average molecular weight is 1290 g/mol. The van der Waals surface area contributed by atoms with Crippen LogP contribution in [0.5, 0.6) is 0 Å². The van der Waals surface area contributed by atoms with E-state index < -0.39 is 45.7 Å². The lowest BCUT2D eigenvalue weighted by atomic mass is 10.0. The van der Waals surface area contributed by atoms with Gasteiger partial charge in [-0.1, -0.05) is 194 Å². The number of unbranched alkanes of at least 4 members (excludes halogenated alkanes) is 24. The van der Waals surface area contributed by atoms with Crippen LogP contribution < -0.4 is 0 Å². The zero-order valence-corrected chi connectivity index (χ0v) is 61.3. The molecule has 0 aromatic carbocycles. The molecule has 0 saturated carbocycles. The molecule has 0 aliphatic carbocycles. The number of aliphatic hydroxyl groups excluding tert-OH is 3. The second-order valence-electron chi connectivity index (χ2n) is 29.6. The third-order valence-electron chi connectivity index (χ3n) is 17.4. The van der Waals surface area contributed by atoms with Crippen LogP contribution in [0.25, 0.3) is 0 Å². The van der Waals surface area contributed by atoms with Gasteiger partial charge in [-0.05, 0) is 160 Å². The average Bonchev–Trinajstić information content (AvgIpc) is 1.30. The minimum atomic E-state index is -1.15. The minimum Gasteiger partial charge on any atom is -0.464 e. The quantitative estimate of drug-likeness (QED) is 0.0295. The number of esters is 3. The molecule has 0 rings (SSSR count). The van der Waals surface area contributed by atoms with E-state index in [9.17, 15) is 29.7 Å². The molecule has 0 aliphatic heterocycles. The third-order valence-corrected chi connectivity index (χ3v) is 17.4. The van der Waals surface area contributed by atoms with E-state index in [-0.39, 0.29) is 63.3 Å². The predicted octanol–water partition coefficient (Wildman–Crippen LogP) is 18.1. The second kappa shape index (κ2) is 52.3. The molecule has 15 heteroatoms. The SMILES string of the molecule is CCCCCCC(O)CCCCCCCCOC(=O)C(C)(C)OCCC(C)(C)OCC(COC(C)(C)CCOC(C)(C)C(=O)OCCCCCCCCC(O)CCCCCC)OC(C)(C)CCOC(C)(C)C(=O)OCCCCCCCCC(O)CCCCCC. The highest BCUT2D eigenvalue weighted by atomic mass is 16.6. The first-order valence-corrected chi connectivity index (χ1v) is 37.0. The van der Waals surface area contributed by atoms with Crippen molar-refractivity contribution in [3.63, 3.8) is 0 Å². The van der Waals surface area contributed by atoms with E-state index in [1.807, 2.05) is 41.5 Å². The molecule has 0 bridgehead atoms. The molecule has 3 atom stereocenters. The van der Waals surface area contributed by atoms with Crippen LogP contribution >= 0.6 is 0 Å². The monoisotopic (exact) mass is 1290 g/mol. The van der Waals surface area contributed by atoms with Crippen LogP contribution in [0.2, 0.25) is 0 Å². The summed E-state index contributed by atoms with van der Waals surface area (Å²) in [6.45, 7) is 31.2. The largest absolute Gasteiger partial charge is 0.464 e. The zero-order chi connectivity index (χ0) is 67.6. The van der Waals surface area contributed by atoms with Crippen molar-refractivity contribution in [2.24, 2.45) is 0 Å². The fourth-order valence-electron chi connectivity index (χ4n) is 10.7. The zero-order valence-electron chi connectivity index (χ0n) is 61.3. The Morgan fingerprint density at radius 3 is 0.767 bits per heavy atom. The molecule has 0 spiro atoms. The summed E-state index contributed by atoms with van der Waals surface area (Å²) in [6, 6.07) is 0. The molecule has 0 saturated heterocycles. The van der Waals surface area contributed by atoms with Gasteiger partial charge >= 0.3 is 17.9 Å². The first-order chi connectivity index (χ1) is 42.5. The van der Waals surface area contributed by atoms with E-state index in [0.29, 0.717) is 39.1 Å². The number of aliphatic hydroxyl groups is 3. The van der Waals surface area contributed by atoms with Crippen molar-refractivity contribution >= 4 is 17.9 Å². The van der Waals surface area contributed by atoms with Crippen molar-refractivity contribution in [1.29, 1.82) is 0 Å². The summed E-state index contributed by atoms with van der Waals surface area (Å²) in [7, 11) is 0. The fraction of sp³-hybridized carbons (Fsp3) is 0.960. The molecule has 90 heavy (non-hydrogen) atoms.